The smallest absolute Gasteiger partial charge is 0.416 e. The van der Waals surface area contributed by atoms with Crippen LogP contribution in [0.1, 0.15) is 70.9 Å². The molecule has 3 rings (SSSR count). The summed E-state index contributed by atoms with van der Waals surface area (Å²) < 4.78 is 23.1. The minimum absolute atomic E-state index is 0.0664. The molecule has 0 saturated heterocycles. The quantitative estimate of drug-likeness (QED) is 0.0829. The first kappa shape index (κ1) is 36.7. The summed E-state index contributed by atoms with van der Waals surface area (Å²) >= 11 is 0. The summed E-state index contributed by atoms with van der Waals surface area (Å²) in [5.74, 6) is 1.22. The maximum absolute atomic E-state index is 12.8. The molecule has 0 bridgehead atoms. The van der Waals surface area contributed by atoms with E-state index in [0.29, 0.717) is 29.3 Å². The molecule has 0 spiro atoms. The van der Waals surface area contributed by atoms with Crippen LogP contribution in [-0.2, 0) is 22.3 Å². The lowest BCUT2D eigenvalue weighted by molar-refractivity contribution is 0.170. The minimum Gasteiger partial charge on any atom is -0.472 e. The third-order valence-corrected chi connectivity index (χ3v) is 7.67. The number of carbonyl (C=O) groups is 2. The molecule has 0 aliphatic rings. The van der Waals surface area contributed by atoms with Crippen molar-refractivity contribution in [1.29, 1.82) is 0 Å². The lowest BCUT2D eigenvalue weighted by Gasteiger charge is -2.25. The molecule has 2 amide bonds. The number of hydrogen-bond donors (Lipinski definition) is 0. The second-order valence-corrected chi connectivity index (χ2v) is 11.6. The van der Waals surface area contributed by atoms with E-state index in [2.05, 4.69) is 39.8 Å². The monoisotopic (exact) mass is 642 g/mol. The van der Waals surface area contributed by atoms with Crippen LogP contribution in [0.25, 0.3) is 0 Å². The average Bonchev–Trinajstić information content (AvgIpc) is 3.08. The molecule has 0 saturated carbocycles. The molecule has 8 nitrogen and oxygen atoms in total. The van der Waals surface area contributed by atoms with E-state index in [1.54, 1.807) is 0 Å². The summed E-state index contributed by atoms with van der Waals surface area (Å²) in [6.45, 7) is 8.38. The van der Waals surface area contributed by atoms with Gasteiger partial charge in [0, 0.05) is 5.56 Å². The Balaban J connectivity index is 2.05. The van der Waals surface area contributed by atoms with Crippen molar-refractivity contribution >= 4 is 23.6 Å². The SMILES string of the molecule is CCCCCc1cc(OCN(C(=O)OC)c2ccccc2)c(CC=C(C)CCC=C(C)C)c(OCN(C(=O)OC)c2ccccc2)c1. The van der Waals surface area contributed by atoms with E-state index in [4.69, 9.17) is 18.9 Å². The number of nitrogens with zero attached hydrogens (tertiary/aromatic N) is 2. The number of unbranched alkanes of at least 4 members (excludes halogenated alkanes) is 2. The number of ether oxygens (including phenoxy) is 4. The van der Waals surface area contributed by atoms with Crippen molar-refractivity contribution < 1.29 is 28.5 Å². The average molecular weight is 643 g/mol. The second kappa shape index (κ2) is 19.7. The van der Waals surface area contributed by atoms with Crippen LogP contribution in [0.2, 0.25) is 0 Å². The Morgan fingerprint density at radius 1 is 0.723 bits per heavy atom. The number of para-hydroxylation sites is 2. The molecule has 0 radical (unpaired) electrons. The largest absolute Gasteiger partial charge is 0.472 e. The van der Waals surface area contributed by atoms with E-state index in [0.717, 1.165) is 49.7 Å². The molecule has 0 aromatic heterocycles. The number of rotatable bonds is 17. The summed E-state index contributed by atoms with van der Waals surface area (Å²) in [6.07, 6.45) is 9.83. The Morgan fingerprint density at radius 3 is 1.68 bits per heavy atom. The van der Waals surface area contributed by atoms with Crippen molar-refractivity contribution in [3.05, 3.63) is 107 Å². The van der Waals surface area contributed by atoms with E-state index in [9.17, 15) is 9.59 Å². The van der Waals surface area contributed by atoms with Crippen LogP contribution < -0.4 is 19.3 Å². The van der Waals surface area contributed by atoms with Crippen molar-refractivity contribution in [2.75, 3.05) is 37.5 Å². The van der Waals surface area contributed by atoms with Gasteiger partial charge < -0.3 is 18.9 Å². The van der Waals surface area contributed by atoms with E-state index < -0.39 is 12.2 Å². The Morgan fingerprint density at radius 2 is 1.23 bits per heavy atom. The molecule has 8 heteroatoms. The number of hydrogen-bond acceptors (Lipinski definition) is 6. The van der Waals surface area contributed by atoms with Crippen molar-refractivity contribution in [3.63, 3.8) is 0 Å². The lowest BCUT2D eigenvalue weighted by atomic mass is 10.00. The van der Waals surface area contributed by atoms with E-state index in [1.807, 2.05) is 72.8 Å². The van der Waals surface area contributed by atoms with Gasteiger partial charge in [0.15, 0.2) is 13.5 Å². The maximum Gasteiger partial charge on any atom is 0.416 e. The number of anilines is 2. The first-order chi connectivity index (χ1) is 22.8. The van der Waals surface area contributed by atoms with Gasteiger partial charge in [-0.1, -0.05) is 79.5 Å². The molecular formula is C39H50N2O6. The van der Waals surface area contributed by atoms with Gasteiger partial charge in [-0.15, -0.1) is 0 Å². The highest BCUT2D eigenvalue weighted by atomic mass is 16.6. The fourth-order valence-corrected chi connectivity index (χ4v) is 4.99. The normalized spacial score (nSPS) is 11.0. The predicted octanol–water partition coefficient (Wildman–Crippen LogP) is 9.87. The Kier molecular flexibility index (Phi) is 15.4. The van der Waals surface area contributed by atoms with Gasteiger partial charge in [-0.05, 0) is 94.8 Å². The fraction of sp³-hybridized carbons (Fsp3) is 0.385. The van der Waals surface area contributed by atoms with Crippen LogP contribution in [0.4, 0.5) is 21.0 Å². The highest BCUT2D eigenvalue weighted by Gasteiger charge is 2.22. The fourth-order valence-electron chi connectivity index (χ4n) is 4.99. The van der Waals surface area contributed by atoms with Crippen molar-refractivity contribution in [2.24, 2.45) is 0 Å². The number of carbonyl (C=O) groups excluding carboxylic acids is 2. The molecule has 0 N–H and O–H groups in total. The first-order valence-electron chi connectivity index (χ1n) is 16.3. The molecule has 0 unspecified atom stereocenters. The van der Waals surface area contributed by atoms with Gasteiger partial charge in [-0.3, -0.25) is 0 Å². The first-order valence-corrected chi connectivity index (χ1v) is 16.3. The van der Waals surface area contributed by atoms with Gasteiger partial charge in [0.1, 0.15) is 11.5 Å². The number of amides is 2. The molecule has 3 aromatic carbocycles. The number of benzene rings is 3. The van der Waals surface area contributed by atoms with Gasteiger partial charge in [0.2, 0.25) is 0 Å². The number of allylic oxidation sites excluding steroid dienone is 4. The number of aryl methyl sites for hydroxylation is 1. The second-order valence-electron chi connectivity index (χ2n) is 11.6. The summed E-state index contributed by atoms with van der Waals surface area (Å²) in [5.41, 5.74) is 5.72. The molecule has 0 aliphatic carbocycles. The Hall–Kier alpha value is -4.72. The standard InChI is InChI=1S/C39H50N2O6/c1-7-8-11-19-32-26-36(46-28-40(38(42)44-5)33-20-12-9-13-21-33)35(25-24-31(4)18-16-17-30(2)3)37(27-32)47-29-41(39(43)45-6)34-22-14-10-15-23-34/h9-10,12-15,17,20-24,26-27H,7-8,11,16,18-19,25,28-29H2,1-6H3. The molecule has 0 atom stereocenters. The van der Waals surface area contributed by atoms with Gasteiger partial charge in [-0.2, -0.15) is 0 Å². The molecule has 0 heterocycles. The highest BCUT2D eigenvalue weighted by molar-refractivity contribution is 5.87. The summed E-state index contributed by atoms with van der Waals surface area (Å²) in [6, 6.07) is 22.6. The third-order valence-electron chi connectivity index (χ3n) is 7.67. The van der Waals surface area contributed by atoms with Crippen LogP contribution in [0.5, 0.6) is 11.5 Å². The Labute approximate surface area is 280 Å². The molecule has 0 fully saturated rings. The van der Waals surface area contributed by atoms with E-state index in [1.165, 1.54) is 35.2 Å². The van der Waals surface area contributed by atoms with Crippen LogP contribution in [0, 0.1) is 0 Å². The number of methoxy groups -OCH3 is 2. The predicted molar refractivity (Wildman–Crippen MR) is 189 cm³/mol. The third kappa shape index (κ3) is 11.9. The Bertz CT molecular complexity index is 1380. The van der Waals surface area contributed by atoms with E-state index in [-0.39, 0.29) is 13.5 Å². The topological polar surface area (TPSA) is 77.5 Å². The lowest BCUT2D eigenvalue weighted by Crippen LogP contribution is -2.35. The van der Waals surface area contributed by atoms with Gasteiger partial charge >= 0.3 is 12.2 Å². The molecule has 0 aliphatic heterocycles. The van der Waals surface area contributed by atoms with Crippen LogP contribution in [-0.4, -0.2) is 39.9 Å². The summed E-state index contributed by atoms with van der Waals surface area (Å²) in [5, 5.41) is 0. The van der Waals surface area contributed by atoms with E-state index >= 15 is 0 Å². The van der Waals surface area contributed by atoms with Crippen molar-refractivity contribution in [3.8, 4) is 11.5 Å². The zero-order valence-electron chi connectivity index (χ0n) is 28.8. The minimum atomic E-state index is -0.528. The van der Waals surface area contributed by atoms with Crippen LogP contribution in [0.15, 0.2) is 96.1 Å². The summed E-state index contributed by atoms with van der Waals surface area (Å²) in [7, 11) is 2.71. The van der Waals surface area contributed by atoms with Gasteiger partial charge in [-0.25, -0.2) is 19.4 Å². The molecule has 47 heavy (non-hydrogen) atoms. The van der Waals surface area contributed by atoms with Crippen molar-refractivity contribution in [1.82, 2.24) is 0 Å². The van der Waals surface area contributed by atoms with Crippen LogP contribution in [0.3, 0.4) is 0 Å². The van der Waals surface area contributed by atoms with Crippen LogP contribution >= 0.6 is 0 Å². The zero-order chi connectivity index (χ0) is 34.0. The van der Waals surface area contributed by atoms with Gasteiger partial charge in [0.05, 0.1) is 25.6 Å². The molecule has 3 aromatic rings. The molecular weight excluding hydrogens is 592 g/mol. The highest BCUT2D eigenvalue weighted by Crippen LogP contribution is 2.34. The summed E-state index contributed by atoms with van der Waals surface area (Å²) in [4.78, 5) is 28.6. The van der Waals surface area contributed by atoms with Gasteiger partial charge in [0.25, 0.3) is 0 Å². The molecule has 252 valence electrons. The zero-order valence-corrected chi connectivity index (χ0v) is 28.8. The maximum atomic E-state index is 12.8. The van der Waals surface area contributed by atoms with Crippen molar-refractivity contribution in [2.45, 2.75) is 72.6 Å².